The van der Waals surface area contributed by atoms with Gasteiger partial charge in [0, 0.05) is 31.7 Å². The molecule has 2 aromatic rings. The first-order chi connectivity index (χ1) is 11.4. The Bertz CT molecular complexity index is 833. The zero-order valence-electron chi connectivity index (χ0n) is 13.7. The molecule has 0 N–H and O–H groups in total. The zero-order valence-corrected chi connectivity index (χ0v) is 14.5. The Balaban J connectivity index is 1.89. The lowest BCUT2D eigenvalue weighted by molar-refractivity contribution is -0.118. The van der Waals surface area contributed by atoms with Gasteiger partial charge in [-0.05, 0) is 24.1 Å². The molecule has 128 valence electrons. The Morgan fingerprint density at radius 1 is 1.33 bits per heavy atom. The molecule has 1 atom stereocenters. The maximum absolute atomic E-state index is 12.7. The third-order valence-corrected chi connectivity index (χ3v) is 5.52. The largest absolute Gasteiger partial charge is 0.309 e. The first kappa shape index (κ1) is 16.7. The van der Waals surface area contributed by atoms with Crippen LogP contribution >= 0.6 is 0 Å². The summed E-state index contributed by atoms with van der Waals surface area (Å²) in [6.45, 7) is 0.286. The number of sulfonamides is 1. The number of rotatable bonds is 4. The van der Waals surface area contributed by atoms with Gasteiger partial charge in [0.25, 0.3) is 0 Å². The molecule has 1 aliphatic heterocycles. The molecule has 0 saturated heterocycles. The predicted octanol–water partition coefficient (Wildman–Crippen LogP) is 0.905. The molecule has 8 heteroatoms. The highest BCUT2D eigenvalue weighted by atomic mass is 32.2. The van der Waals surface area contributed by atoms with Gasteiger partial charge < -0.3 is 4.90 Å². The number of benzene rings is 1. The van der Waals surface area contributed by atoms with Gasteiger partial charge in [-0.15, -0.1) is 0 Å². The van der Waals surface area contributed by atoms with Crippen LogP contribution < -0.4 is 4.90 Å². The maximum atomic E-state index is 12.7. The van der Waals surface area contributed by atoms with Crippen molar-refractivity contribution in [2.24, 2.45) is 0 Å². The van der Waals surface area contributed by atoms with Crippen molar-refractivity contribution in [2.45, 2.75) is 12.5 Å². The summed E-state index contributed by atoms with van der Waals surface area (Å²) in [7, 11) is -1.99. The van der Waals surface area contributed by atoms with Crippen LogP contribution in [0.1, 0.15) is 11.6 Å². The molecule has 1 aromatic heterocycles. The monoisotopic (exact) mass is 348 g/mol. The highest BCUT2D eigenvalue weighted by molar-refractivity contribution is 7.88. The highest BCUT2D eigenvalue weighted by Crippen LogP contribution is 2.31. The van der Waals surface area contributed by atoms with E-state index in [1.807, 2.05) is 41.2 Å². The molecule has 1 aliphatic rings. The molecule has 0 fully saturated rings. The molecule has 0 spiro atoms. The fourth-order valence-electron chi connectivity index (χ4n) is 2.88. The van der Waals surface area contributed by atoms with E-state index < -0.39 is 10.0 Å². The minimum atomic E-state index is -3.40. The molecule has 0 bridgehead atoms. The lowest BCUT2D eigenvalue weighted by Gasteiger charge is -2.35. The third-order valence-electron chi connectivity index (χ3n) is 4.26. The molecule has 2 heterocycles. The fourth-order valence-corrected chi connectivity index (χ4v) is 3.22. The predicted molar refractivity (Wildman–Crippen MR) is 91.2 cm³/mol. The van der Waals surface area contributed by atoms with E-state index >= 15 is 0 Å². The van der Waals surface area contributed by atoms with E-state index in [0.29, 0.717) is 6.54 Å². The molecule has 0 radical (unpaired) electrons. The topological polar surface area (TPSA) is 75.5 Å². The van der Waals surface area contributed by atoms with Gasteiger partial charge in [-0.2, -0.15) is 9.40 Å². The van der Waals surface area contributed by atoms with Crippen molar-refractivity contribution < 1.29 is 13.2 Å². The van der Waals surface area contributed by atoms with Crippen molar-refractivity contribution in [3.63, 3.8) is 0 Å². The number of hydrogen-bond donors (Lipinski definition) is 0. The van der Waals surface area contributed by atoms with Crippen molar-refractivity contribution >= 4 is 21.6 Å². The van der Waals surface area contributed by atoms with Crippen LogP contribution in [0.5, 0.6) is 0 Å². The summed E-state index contributed by atoms with van der Waals surface area (Å²) >= 11 is 0. The number of hydrogen-bond acceptors (Lipinski definition) is 4. The SMILES string of the molecule is CN(CC(=O)N1C[C@@H](n2cccn2)Cc2ccccc21)S(C)(=O)=O. The first-order valence-corrected chi connectivity index (χ1v) is 9.50. The number of para-hydroxylation sites is 1. The number of carbonyl (C=O) groups is 1. The van der Waals surface area contributed by atoms with Crippen LogP contribution in [-0.2, 0) is 21.2 Å². The van der Waals surface area contributed by atoms with Crippen LogP contribution in [0.3, 0.4) is 0 Å². The number of fused-ring (bicyclic) bond motifs is 1. The van der Waals surface area contributed by atoms with E-state index in [0.717, 1.165) is 28.2 Å². The van der Waals surface area contributed by atoms with Crippen LogP contribution in [0.15, 0.2) is 42.7 Å². The quantitative estimate of drug-likeness (QED) is 0.823. The molecule has 0 unspecified atom stereocenters. The summed E-state index contributed by atoms with van der Waals surface area (Å²) in [6.07, 6.45) is 5.47. The smallest absolute Gasteiger partial charge is 0.242 e. The van der Waals surface area contributed by atoms with Gasteiger partial charge in [0.1, 0.15) is 0 Å². The van der Waals surface area contributed by atoms with Crippen molar-refractivity contribution in [1.29, 1.82) is 0 Å². The van der Waals surface area contributed by atoms with Crippen LogP contribution in [0.25, 0.3) is 0 Å². The number of carbonyl (C=O) groups excluding carboxylic acids is 1. The molecule has 1 aromatic carbocycles. The molecule has 3 rings (SSSR count). The summed E-state index contributed by atoms with van der Waals surface area (Å²) in [4.78, 5) is 14.4. The summed E-state index contributed by atoms with van der Waals surface area (Å²) in [5.74, 6) is -0.243. The average Bonchev–Trinajstić information content (AvgIpc) is 3.07. The Hall–Kier alpha value is -2.19. The molecule has 24 heavy (non-hydrogen) atoms. The number of likely N-dealkylation sites (N-methyl/N-ethyl adjacent to an activating group) is 1. The normalized spacial score (nSPS) is 17.8. The van der Waals surface area contributed by atoms with Crippen molar-refractivity contribution in [2.75, 3.05) is 31.3 Å². The number of aromatic nitrogens is 2. The van der Waals surface area contributed by atoms with E-state index in [-0.39, 0.29) is 18.5 Å². The van der Waals surface area contributed by atoms with Crippen LogP contribution in [0.2, 0.25) is 0 Å². The Kier molecular flexibility index (Phi) is 4.42. The molecule has 7 nitrogen and oxygen atoms in total. The van der Waals surface area contributed by atoms with E-state index in [2.05, 4.69) is 5.10 Å². The van der Waals surface area contributed by atoms with Crippen molar-refractivity contribution in [1.82, 2.24) is 14.1 Å². The number of amides is 1. The van der Waals surface area contributed by atoms with Crippen LogP contribution in [0, 0.1) is 0 Å². The average molecular weight is 348 g/mol. The maximum Gasteiger partial charge on any atom is 0.242 e. The summed E-state index contributed by atoms with van der Waals surface area (Å²) < 4.78 is 26.1. The van der Waals surface area contributed by atoms with E-state index in [1.54, 1.807) is 11.1 Å². The van der Waals surface area contributed by atoms with Crippen molar-refractivity contribution in [3.8, 4) is 0 Å². The van der Waals surface area contributed by atoms with Gasteiger partial charge in [-0.25, -0.2) is 8.42 Å². The standard InChI is InChI=1S/C16H20N4O3S/c1-18(24(2,22)23)12-16(21)19-11-14(20-9-5-8-17-20)10-13-6-3-4-7-15(13)19/h3-9,14H,10-12H2,1-2H3/t14-/m0/s1. The Morgan fingerprint density at radius 3 is 2.75 bits per heavy atom. The Morgan fingerprint density at radius 2 is 2.08 bits per heavy atom. The summed E-state index contributed by atoms with van der Waals surface area (Å²) in [5.41, 5.74) is 1.90. The molecular weight excluding hydrogens is 328 g/mol. The second-order valence-electron chi connectivity index (χ2n) is 6.00. The Labute approximate surface area is 141 Å². The highest BCUT2D eigenvalue weighted by Gasteiger charge is 2.30. The molecule has 0 saturated carbocycles. The second kappa shape index (κ2) is 6.37. The van der Waals surface area contributed by atoms with Gasteiger partial charge in [-0.3, -0.25) is 9.48 Å². The number of anilines is 1. The number of nitrogens with zero attached hydrogens (tertiary/aromatic N) is 4. The lowest BCUT2D eigenvalue weighted by Crippen LogP contribution is -2.46. The fraction of sp³-hybridized carbons (Fsp3) is 0.375. The first-order valence-electron chi connectivity index (χ1n) is 7.65. The van der Waals surface area contributed by atoms with Crippen LogP contribution in [-0.4, -0.2) is 54.8 Å². The molecular formula is C16H20N4O3S. The summed E-state index contributed by atoms with van der Waals surface area (Å²) in [5, 5.41) is 4.28. The van der Waals surface area contributed by atoms with Gasteiger partial charge in [-0.1, -0.05) is 18.2 Å². The van der Waals surface area contributed by atoms with E-state index in [4.69, 9.17) is 0 Å². The van der Waals surface area contributed by atoms with Crippen molar-refractivity contribution in [3.05, 3.63) is 48.3 Å². The van der Waals surface area contributed by atoms with E-state index in [9.17, 15) is 13.2 Å². The minimum absolute atomic E-state index is 0.0300. The minimum Gasteiger partial charge on any atom is -0.309 e. The summed E-state index contributed by atoms with van der Waals surface area (Å²) in [6, 6.07) is 9.59. The zero-order chi connectivity index (χ0) is 17.3. The van der Waals surface area contributed by atoms with Gasteiger partial charge >= 0.3 is 0 Å². The molecule has 1 amide bonds. The van der Waals surface area contributed by atoms with Gasteiger partial charge in [0.2, 0.25) is 15.9 Å². The third kappa shape index (κ3) is 3.34. The molecule has 0 aliphatic carbocycles. The van der Waals surface area contributed by atoms with Gasteiger partial charge in [0.05, 0.1) is 18.8 Å². The van der Waals surface area contributed by atoms with Gasteiger partial charge in [0.15, 0.2) is 0 Å². The lowest BCUT2D eigenvalue weighted by atomic mass is 9.98. The van der Waals surface area contributed by atoms with Crippen LogP contribution in [0.4, 0.5) is 5.69 Å². The van der Waals surface area contributed by atoms with E-state index in [1.165, 1.54) is 7.05 Å². The second-order valence-corrected chi connectivity index (χ2v) is 8.09.